The van der Waals surface area contributed by atoms with E-state index in [4.69, 9.17) is 4.52 Å². The van der Waals surface area contributed by atoms with Crippen LogP contribution in [0.4, 0.5) is 4.79 Å². The molecule has 162 valence electrons. The molecule has 0 atom stereocenters. The fourth-order valence-electron chi connectivity index (χ4n) is 4.60. The second kappa shape index (κ2) is 9.59. The standard InChI is InChI=1S/C21H35N5O3/c1-4-25(5-2)20(28)26-14-10-17(11-15-26)18(27)23-21(12-8-6-7-9-13-21)19-22-16(3)29-24-19/h17H,4-15H2,1-3H3,(H,23,27). The van der Waals surface area contributed by atoms with E-state index in [-0.39, 0.29) is 17.9 Å². The summed E-state index contributed by atoms with van der Waals surface area (Å²) >= 11 is 0. The van der Waals surface area contributed by atoms with Gasteiger partial charge < -0.3 is 19.6 Å². The first kappa shape index (κ1) is 21.6. The van der Waals surface area contributed by atoms with Gasteiger partial charge in [0.2, 0.25) is 11.8 Å². The smallest absolute Gasteiger partial charge is 0.319 e. The molecule has 2 heterocycles. The van der Waals surface area contributed by atoms with Crippen molar-refractivity contribution in [3.8, 4) is 0 Å². The van der Waals surface area contributed by atoms with Gasteiger partial charge in [-0.25, -0.2) is 4.79 Å². The SMILES string of the molecule is CCN(CC)C(=O)N1CCC(C(=O)NC2(c3noc(C)n3)CCCCCC2)CC1. The number of likely N-dealkylation sites (tertiary alicyclic amines) is 1. The molecule has 1 aromatic heterocycles. The number of carbonyl (C=O) groups is 2. The van der Waals surface area contributed by atoms with Gasteiger partial charge in [0.1, 0.15) is 5.54 Å². The molecule has 0 spiro atoms. The number of nitrogens with one attached hydrogen (secondary N) is 1. The monoisotopic (exact) mass is 405 g/mol. The van der Waals surface area contributed by atoms with E-state index in [9.17, 15) is 9.59 Å². The van der Waals surface area contributed by atoms with Gasteiger partial charge in [0, 0.05) is 39.0 Å². The Kier molecular flexibility index (Phi) is 7.14. The van der Waals surface area contributed by atoms with Gasteiger partial charge in [-0.2, -0.15) is 4.98 Å². The first-order valence-corrected chi connectivity index (χ1v) is 11.2. The lowest BCUT2D eigenvalue weighted by atomic mass is 9.87. The first-order valence-electron chi connectivity index (χ1n) is 11.2. The number of carbonyl (C=O) groups excluding carboxylic acids is 2. The Morgan fingerprint density at radius 3 is 2.28 bits per heavy atom. The van der Waals surface area contributed by atoms with Crippen molar-refractivity contribution in [2.75, 3.05) is 26.2 Å². The van der Waals surface area contributed by atoms with Crippen LogP contribution < -0.4 is 5.32 Å². The van der Waals surface area contributed by atoms with E-state index < -0.39 is 5.54 Å². The zero-order chi connectivity index (χ0) is 20.9. The minimum Gasteiger partial charge on any atom is -0.343 e. The molecule has 1 aliphatic carbocycles. The van der Waals surface area contributed by atoms with Crippen molar-refractivity contribution in [1.82, 2.24) is 25.3 Å². The van der Waals surface area contributed by atoms with E-state index in [2.05, 4.69) is 15.5 Å². The Morgan fingerprint density at radius 2 is 1.76 bits per heavy atom. The number of amides is 3. The molecule has 1 saturated carbocycles. The van der Waals surface area contributed by atoms with Gasteiger partial charge in [0.25, 0.3) is 0 Å². The van der Waals surface area contributed by atoms with E-state index in [1.165, 1.54) is 12.8 Å². The van der Waals surface area contributed by atoms with E-state index >= 15 is 0 Å². The molecule has 1 aromatic rings. The van der Waals surface area contributed by atoms with Crippen LogP contribution in [0, 0.1) is 12.8 Å². The summed E-state index contributed by atoms with van der Waals surface area (Å²) in [6.45, 7) is 8.44. The molecule has 8 nitrogen and oxygen atoms in total. The highest BCUT2D eigenvalue weighted by atomic mass is 16.5. The maximum atomic E-state index is 13.2. The fraction of sp³-hybridized carbons (Fsp3) is 0.810. The van der Waals surface area contributed by atoms with Crippen LogP contribution in [-0.4, -0.2) is 58.1 Å². The Hall–Kier alpha value is -2.12. The zero-order valence-electron chi connectivity index (χ0n) is 18.1. The predicted octanol–water partition coefficient (Wildman–Crippen LogP) is 3.22. The summed E-state index contributed by atoms with van der Waals surface area (Å²) in [4.78, 5) is 33.9. The molecular formula is C21H35N5O3. The summed E-state index contributed by atoms with van der Waals surface area (Å²) in [6, 6.07) is 0.0800. The Morgan fingerprint density at radius 1 is 1.14 bits per heavy atom. The molecule has 3 rings (SSSR count). The van der Waals surface area contributed by atoms with Crippen molar-refractivity contribution in [3.63, 3.8) is 0 Å². The van der Waals surface area contributed by atoms with E-state index in [0.717, 1.165) is 25.7 Å². The molecule has 0 aromatic carbocycles. The molecule has 1 saturated heterocycles. The van der Waals surface area contributed by atoms with Gasteiger partial charge in [0.15, 0.2) is 5.82 Å². The van der Waals surface area contributed by atoms with Gasteiger partial charge in [-0.05, 0) is 39.5 Å². The number of nitrogens with zero attached hydrogens (tertiary/aromatic N) is 4. The molecule has 2 aliphatic rings. The van der Waals surface area contributed by atoms with Crippen LogP contribution in [-0.2, 0) is 10.3 Å². The minimum absolute atomic E-state index is 0.0595. The molecule has 3 amide bonds. The van der Waals surface area contributed by atoms with Crippen molar-refractivity contribution >= 4 is 11.9 Å². The maximum Gasteiger partial charge on any atom is 0.319 e. The van der Waals surface area contributed by atoms with Crippen LogP contribution in [0.2, 0.25) is 0 Å². The largest absolute Gasteiger partial charge is 0.343 e. The highest BCUT2D eigenvalue weighted by molar-refractivity contribution is 5.80. The summed E-state index contributed by atoms with van der Waals surface area (Å²) in [5.41, 5.74) is -0.528. The van der Waals surface area contributed by atoms with E-state index in [0.29, 0.717) is 50.7 Å². The number of rotatable bonds is 5. The van der Waals surface area contributed by atoms with Gasteiger partial charge in [-0.15, -0.1) is 0 Å². The summed E-state index contributed by atoms with van der Waals surface area (Å²) in [5, 5.41) is 7.49. The van der Waals surface area contributed by atoms with Crippen LogP contribution in [0.25, 0.3) is 0 Å². The van der Waals surface area contributed by atoms with Gasteiger partial charge in [-0.1, -0.05) is 30.8 Å². The number of hydrogen-bond donors (Lipinski definition) is 1. The fourth-order valence-corrected chi connectivity index (χ4v) is 4.60. The summed E-state index contributed by atoms with van der Waals surface area (Å²) in [7, 11) is 0. The van der Waals surface area contributed by atoms with Crippen molar-refractivity contribution < 1.29 is 14.1 Å². The maximum absolute atomic E-state index is 13.2. The first-order chi connectivity index (χ1) is 14.0. The Balaban J connectivity index is 1.64. The van der Waals surface area contributed by atoms with Crippen LogP contribution >= 0.6 is 0 Å². The average Bonchev–Trinajstić information content (AvgIpc) is 3.04. The number of urea groups is 1. The second-order valence-electron chi connectivity index (χ2n) is 8.34. The molecule has 2 fully saturated rings. The van der Waals surface area contributed by atoms with Crippen LogP contribution in [0.1, 0.15) is 76.9 Å². The molecular weight excluding hydrogens is 370 g/mol. The van der Waals surface area contributed by atoms with Crippen LogP contribution in [0.3, 0.4) is 0 Å². The molecule has 0 unspecified atom stereocenters. The molecule has 1 N–H and O–H groups in total. The highest BCUT2D eigenvalue weighted by Gasteiger charge is 2.40. The van der Waals surface area contributed by atoms with Gasteiger partial charge in [0.05, 0.1) is 0 Å². The highest BCUT2D eigenvalue weighted by Crippen LogP contribution is 2.35. The number of aromatic nitrogens is 2. The van der Waals surface area contributed by atoms with E-state index in [1.54, 1.807) is 6.92 Å². The third-order valence-corrected chi connectivity index (χ3v) is 6.45. The summed E-state index contributed by atoms with van der Waals surface area (Å²) in [6.07, 6.45) is 7.50. The summed E-state index contributed by atoms with van der Waals surface area (Å²) < 4.78 is 5.23. The Bertz CT molecular complexity index is 684. The average molecular weight is 406 g/mol. The predicted molar refractivity (Wildman–Crippen MR) is 109 cm³/mol. The summed E-state index contributed by atoms with van der Waals surface area (Å²) in [5.74, 6) is 1.12. The van der Waals surface area contributed by atoms with Crippen molar-refractivity contribution in [2.24, 2.45) is 5.92 Å². The van der Waals surface area contributed by atoms with Crippen LogP contribution in [0.15, 0.2) is 4.52 Å². The molecule has 0 radical (unpaired) electrons. The van der Waals surface area contributed by atoms with Crippen LogP contribution in [0.5, 0.6) is 0 Å². The van der Waals surface area contributed by atoms with Crippen molar-refractivity contribution in [1.29, 1.82) is 0 Å². The minimum atomic E-state index is -0.528. The lowest BCUT2D eigenvalue weighted by Gasteiger charge is -2.37. The normalized spacial score (nSPS) is 20.2. The molecule has 1 aliphatic heterocycles. The molecule has 8 heteroatoms. The number of aryl methyl sites for hydroxylation is 1. The van der Waals surface area contributed by atoms with Crippen molar-refractivity contribution in [2.45, 2.75) is 77.7 Å². The third-order valence-electron chi connectivity index (χ3n) is 6.45. The van der Waals surface area contributed by atoms with Gasteiger partial charge >= 0.3 is 6.03 Å². The molecule has 29 heavy (non-hydrogen) atoms. The third kappa shape index (κ3) is 4.90. The van der Waals surface area contributed by atoms with Gasteiger partial charge in [-0.3, -0.25) is 4.79 Å². The Labute approximate surface area is 173 Å². The van der Waals surface area contributed by atoms with Crippen molar-refractivity contribution in [3.05, 3.63) is 11.7 Å². The molecule has 0 bridgehead atoms. The van der Waals surface area contributed by atoms with E-state index in [1.807, 2.05) is 23.6 Å². The quantitative estimate of drug-likeness (QED) is 0.760. The number of piperidine rings is 1. The second-order valence-corrected chi connectivity index (χ2v) is 8.34. The topological polar surface area (TPSA) is 91.6 Å². The number of hydrogen-bond acceptors (Lipinski definition) is 5. The zero-order valence-corrected chi connectivity index (χ0v) is 18.1. The lowest BCUT2D eigenvalue weighted by Crippen LogP contribution is -2.52. The lowest BCUT2D eigenvalue weighted by molar-refractivity contribution is -0.128.